The van der Waals surface area contributed by atoms with Gasteiger partial charge >= 0.3 is 0 Å². The molecule has 0 bridgehead atoms. The number of hydrogen-bond acceptors (Lipinski definition) is 4. The number of nitrogens with one attached hydrogen (secondary N) is 1. The minimum absolute atomic E-state index is 0.0319. The van der Waals surface area contributed by atoms with E-state index in [0.29, 0.717) is 22.9 Å². The van der Waals surface area contributed by atoms with E-state index < -0.39 is 10.8 Å². The van der Waals surface area contributed by atoms with E-state index in [1.807, 2.05) is 0 Å². The summed E-state index contributed by atoms with van der Waals surface area (Å²) in [6.07, 6.45) is 16.5. The van der Waals surface area contributed by atoms with Crippen LogP contribution in [-0.2, 0) is 15.5 Å². The van der Waals surface area contributed by atoms with Gasteiger partial charge in [-0.25, -0.2) is 0 Å². The molecule has 4 saturated carbocycles. The van der Waals surface area contributed by atoms with Crippen molar-refractivity contribution in [2.75, 3.05) is 19.1 Å². The predicted molar refractivity (Wildman–Crippen MR) is 140 cm³/mol. The molecule has 2 N–H and O–H groups in total. The quantitative estimate of drug-likeness (QED) is 0.477. The zero-order valence-electron chi connectivity index (χ0n) is 22.6. The minimum atomic E-state index is -0.611. The third kappa shape index (κ3) is 3.98. The zero-order valence-corrected chi connectivity index (χ0v) is 23.5. The van der Waals surface area contributed by atoms with E-state index in [1.165, 1.54) is 51.4 Å². The molecule has 34 heavy (non-hydrogen) atoms. The second-order valence-corrected chi connectivity index (χ2v) is 15.5. The average molecular weight is 494 g/mol. The van der Waals surface area contributed by atoms with Gasteiger partial charge in [-0.15, -0.1) is 0 Å². The minimum Gasteiger partial charge on any atom is -0.393 e. The molecule has 2 heterocycles. The molecule has 196 valence electrons. The number of piperidine rings is 1. The van der Waals surface area contributed by atoms with Crippen molar-refractivity contribution in [2.24, 2.45) is 52.3 Å². The van der Waals surface area contributed by atoms with Gasteiger partial charge in [0.2, 0.25) is 0 Å². The summed E-state index contributed by atoms with van der Waals surface area (Å²) in [6, 6.07) is 0. The second kappa shape index (κ2) is 9.10. The van der Waals surface area contributed by atoms with Crippen LogP contribution in [0, 0.1) is 52.3 Å². The van der Waals surface area contributed by atoms with Crippen molar-refractivity contribution in [2.45, 2.75) is 110 Å². The van der Waals surface area contributed by atoms with Gasteiger partial charge < -0.3 is 9.84 Å². The second-order valence-electron chi connectivity index (χ2n) is 14.0. The van der Waals surface area contributed by atoms with Crippen LogP contribution in [0.4, 0.5) is 0 Å². The highest BCUT2D eigenvalue weighted by Gasteiger charge is 2.68. The molecule has 2 saturated heterocycles. The van der Waals surface area contributed by atoms with Gasteiger partial charge in [0.05, 0.1) is 12.2 Å². The fourth-order valence-electron chi connectivity index (χ4n) is 10.4. The van der Waals surface area contributed by atoms with Crippen molar-refractivity contribution < 1.29 is 14.1 Å². The largest absolute Gasteiger partial charge is 0.393 e. The van der Waals surface area contributed by atoms with E-state index in [1.54, 1.807) is 12.5 Å². The van der Waals surface area contributed by atoms with Gasteiger partial charge in [-0.3, -0.25) is 9.53 Å². The molecule has 6 fully saturated rings. The smallest absolute Gasteiger partial charge is 0.122 e. The standard InChI is InChI=1S/C27H45NO2.C2H6OS/c1-16-7-12-27(28-15-16)17(2)24-23(30-27)14-22-20-6-5-18-13-19(29)8-10-25(18,3)21(20)9-11-26(22,24)4;1-4(2)3/h16-24,28-29H,5-15H2,1-4H3;1-2H3/t16-,17-,18-,19-,20+,21-,22-,23-,24-,25-,26-,27-;/m0./s1. The monoisotopic (exact) mass is 493 g/mol. The van der Waals surface area contributed by atoms with Crippen molar-refractivity contribution in [3.63, 3.8) is 0 Å². The molecule has 1 spiro atoms. The van der Waals surface area contributed by atoms with Crippen LogP contribution in [0.2, 0.25) is 0 Å². The molecule has 0 aromatic carbocycles. The fraction of sp³-hybridized carbons (Fsp3) is 1.00. The van der Waals surface area contributed by atoms with Crippen LogP contribution in [0.5, 0.6) is 0 Å². The summed E-state index contributed by atoms with van der Waals surface area (Å²) in [5.74, 6) is 5.57. The van der Waals surface area contributed by atoms with Crippen LogP contribution in [0.3, 0.4) is 0 Å². The number of aliphatic hydroxyl groups excluding tert-OH is 1. The summed E-state index contributed by atoms with van der Waals surface area (Å²) < 4.78 is 16.6. The van der Waals surface area contributed by atoms with Crippen molar-refractivity contribution in [1.82, 2.24) is 5.32 Å². The number of hydrogen-bond donors (Lipinski definition) is 2. The maximum absolute atomic E-state index is 10.3. The summed E-state index contributed by atoms with van der Waals surface area (Å²) in [6.45, 7) is 11.3. The van der Waals surface area contributed by atoms with E-state index >= 15 is 0 Å². The Morgan fingerprint density at radius 3 is 2.29 bits per heavy atom. The van der Waals surface area contributed by atoms with Crippen LogP contribution >= 0.6 is 0 Å². The summed E-state index contributed by atoms with van der Waals surface area (Å²) in [5, 5.41) is 14.2. The molecule has 5 heteroatoms. The van der Waals surface area contributed by atoms with E-state index in [9.17, 15) is 9.32 Å². The third-order valence-corrected chi connectivity index (χ3v) is 12.1. The number of fused-ring (bicyclic) bond motifs is 7. The maximum atomic E-state index is 10.3. The molecule has 0 aromatic rings. The highest BCUT2D eigenvalue weighted by Crippen LogP contribution is 2.71. The normalized spacial score (nSPS) is 56.2. The summed E-state index contributed by atoms with van der Waals surface area (Å²) >= 11 is 0. The first-order chi connectivity index (χ1) is 16.0. The Balaban J connectivity index is 0.000000560. The molecule has 12 atom stereocenters. The van der Waals surface area contributed by atoms with Crippen LogP contribution in [0.1, 0.15) is 91.9 Å². The van der Waals surface area contributed by atoms with Crippen LogP contribution < -0.4 is 5.32 Å². The topological polar surface area (TPSA) is 58.6 Å². The molecular formula is C29H51NO3S. The Morgan fingerprint density at radius 1 is 0.912 bits per heavy atom. The highest BCUT2D eigenvalue weighted by molar-refractivity contribution is 7.83. The van der Waals surface area contributed by atoms with Crippen molar-refractivity contribution in [1.29, 1.82) is 0 Å². The Bertz CT molecular complexity index is 777. The number of aliphatic hydroxyl groups is 1. The molecule has 6 aliphatic rings. The average Bonchev–Trinajstić information content (AvgIpc) is 3.21. The van der Waals surface area contributed by atoms with Crippen LogP contribution in [0.15, 0.2) is 0 Å². The lowest BCUT2D eigenvalue weighted by Crippen LogP contribution is -2.57. The van der Waals surface area contributed by atoms with Crippen molar-refractivity contribution in [3.8, 4) is 0 Å². The van der Waals surface area contributed by atoms with Crippen LogP contribution in [0.25, 0.3) is 0 Å². The van der Waals surface area contributed by atoms with E-state index in [0.717, 1.165) is 54.9 Å². The molecule has 6 rings (SSSR count). The van der Waals surface area contributed by atoms with Gasteiger partial charge in [0.15, 0.2) is 0 Å². The molecular weight excluding hydrogens is 442 g/mol. The Labute approximate surface area is 211 Å². The summed E-state index contributed by atoms with van der Waals surface area (Å²) in [4.78, 5) is 0. The van der Waals surface area contributed by atoms with Gasteiger partial charge in [0.25, 0.3) is 0 Å². The van der Waals surface area contributed by atoms with Crippen molar-refractivity contribution >= 4 is 10.8 Å². The number of rotatable bonds is 0. The fourth-order valence-corrected chi connectivity index (χ4v) is 10.4. The molecule has 0 amide bonds. The first-order valence-electron chi connectivity index (χ1n) is 14.4. The molecule has 2 aliphatic heterocycles. The Hall–Kier alpha value is 0.0300. The highest BCUT2D eigenvalue weighted by atomic mass is 32.2. The van der Waals surface area contributed by atoms with Crippen LogP contribution in [-0.4, -0.2) is 46.3 Å². The first kappa shape index (κ1) is 25.7. The lowest BCUT2D eigenvalue weighted by atomic mass is 9.44. The summed E-state index contributed by atoms with van der Waals surface area (Å²) in [7, 11) is -0.611. The maximum Gasteiger partial charge on any atom is 0.122 e. The first-order valence-corrected chi connectivity index (χ1v) is 16.3. The van der Waals surface area contributed by atoms with Gasteiger partial charge in [0.1, 0.15) is 5.72 Å². The Morgan fingerprint density at radius 2 is 1.62 bits per heavy atom. The lowest BCUT2D eigenvalue weighted by molar-refractivity contribution is -0.140. The zero-order chi connectivity index (χ0) is 24.5. The molecule has 4 nitrogen and oxygen atoms in total. The molecule has 0 aromatic heterocycles. The third-order valence-electron chi connectivity index (χ3n) is 12.1. The molecule has 0 radical (unpaired) electrons. The van der Waals surface area contributed by atoms with Gasteiger partial charge in [0, 0.05) is 35.8 Å². The van der Waals surface area contributed by atoms with Crippen molar-refractivity contribution in [3.05, 3.63) is 0 Å². The lowest BCUT2D eigenvalue weighted by Gasteiger charge is -2.61. The Kier molecular flexibility index (Phi) is 6.87. The van der Waals surface area contributed by atoms with E-state index in [2.05, 4.69) is 33.0 Å². The number of ether oxygens (including phenoxy) is 1. The molecule has 4 aliphatic carbocycles. The van der Waals surface area contributed by atoms with Gasteiger partial charge in [-0.2, -0.15) is 0 Å². The van der Waals surface area contributed by atoms with Gasteiger partial charge in [-0.05, 0) is 111 Å². The molecule has 0 unspecified atom stereocenters. The SMILES string of the molecule is CS(C)=O.C[C@H]1CC[C@]2(NC1)O[C@H]1C[C@H]3[C@@H]4CC[C@H]5C[C@@H](O)CC[C@]5(C)[C@H]4CC[C@]3(C)[C@H]1[C@@H]2C. The van der Waals surface area contributed by atoms with E-state index in [-0.39, 0.29) is 11.8 Å². The van der Waals surface area contributed by atoms with Gasteiger partial charge in [-0.1, -0.05) is 27.7 Å². The summed E-state index contributed by atoms with van der Waals surface area (Å²) in [5.41, 5.74) is 0.919. The predicted octanol–water partition coefficient (Wildman–Crippen LogP) is 5.36. The van der Waals surface area contributed by atoms with E-state index in [4.69, 9.17) is 4.74 Å².